The van der Waals surface area contributed by atoms with Gasteiger partial charge in [-0.15, -0.1) is 13.2 Å². The van der Waals surface area contributed by atoms with E-state index in [0.29, 0.717) is 13.2 Å². The van der Waals surface area contributed by atoms with Crippen LogP contribution in [0.15, 0.2) is 98.1 Å². The van der Waals surface area contributed by atoms with Crippen molar-refractivity contribution in [3.63, 3.8) is 0 Å². The second kappa shape index (κ2) is 18.5. The van der Waals surface area contributed by atoms with E-state index in [1.165, 1.54) is 44.5 Å². The Morgan fingerprint density at radius 1 is 0.659 bits per heavy atom. The topological polar surface area (TPSA) is 38.7 Å². The van der Waals surface area contributed by atoms with Gasteiger partial charge in [-0.1, -0.05) is 92.6 Å². The first-order valence-corrected chi connectivity index (χ1v) is 14.6. The molecule has 0 aromatic heterocycles. The van der Waals surface area contributed by atoms with E-state index in [1.807, 2.05) is 0 Å². The van der Waals surface area contributed by atoms with Gasteiger partial charge in [0, 0.05) is 13.5 Å². The summed E-state index contributed by atoms with van der Waals surface area (Å²) in [6.45, 7) is 16.0. The van der Waals surface area contributed by atoms with Crippen LogP contribution in [-0.4, -0.2) is 25.4 Å². The lowest BCUT2D eigenvalue weighted by Crippen LogP contribution is -2.08. The zero-order chi connectivity index (χ0) is 30.0. The summed E-state index contributed by atoms with van der Waals surface area (Å²) in [6.07, 6.45) is 4.86. The third-order valence-electron chi connectivity index (χ3n) is 7.00. The monoisotopic (exact) mass is 552 g/mol. The maximum atomic E-state index is 7.00. The zero-order valence-electron chi connectivity index (χ0n) is 25.7. The predicted molar refractivity (Wildman–Crippen MR) is 175 cm³/mol. The molecule has 0 saturated heterocycles. The molecule has 0 amide bonds. The number of rotatable bonds is 12. The van der Waals surface area contributed by atoms with Gasteiger partial charge in [-0.2, -0.15) is 0 Å². The van der Waals surface area contributed by atoms with Gasteiger partial charge in [0.2, 0.25) is 0 Å². The molecule has 0 heterocycles. The molecule has 0 fully saturated rings. The van der Waals surface area contributed by atoms with Crippen LogP contribution >= 0.6 is 0 Å². The van der Waals surface area contributed by atoms with Crippen LogP contribution in [0, 0.1) is 13.8 Å². The van der Waals surface area contributed by atoms with Crippen molar-refractivity contribution in [1.82, 2.24) is 0 Å². The molecule has 4 rings (SSSR count). The van der Waals surface area contributed by atoms with Crippen molar-refractivity contribution < 1.29 is 14.6 Å². The van der Waals surface area contributed by atoms with Crippen molar-refractivity contribution in [2.45, 2.75) is 59.8 Å². The van der Waals surface area contributed by atoms with Gasteiger partial charge in [0.25, 0.3) is 0 Å². The molecule has 1 N–H and O–H groups in total. The Balaban J connectivity index is 0.00000141. The van der Waals surface area contributed by atoms with Crippen molar-refractivity contribution in [3.8, 4) is 22.6 Å². The molecule has 41 heavy (non-hydrogen) atoms. The Hall–Kier alpha value is -3.82. The molecule has 3 nitrogen and oxygen atoms in total. The number of hydrogen-bond donors (Lipinski definition) is 1. The normalized spacial score (nSPS) is 10.1. The van der Waals surface area contributed by atoms with Gasteiger partial charge in [0.15, 0.2) is 0 Å². The highest BCUT2D eigenvalue weighted by atomic mass is 16.5. The number of aliphatic hydroxyl groups excluding tert-OH is 1. The minimum Gasteiger partial charge on any atom is -0.493 e. The Morgan fingerprint density at radius 3 is 1.95 bits per heavy atom. The van der Waals surface area contributed by atoms with Gasteiger partial charge < -0.3 is 14.6 Å². The summed E-state index contributed by atoms with van der Waals surface area (Å²) < 4.78 is 12.5. The van der Waals surface area contributed by atoms with Crippen molar-refractivity contribution in [2.75, 3.05) is 20.3 Å². The molecular weight excluding hydrogens is 504 g/mol. The van der Waals surface area contributed by atoms with Crippen molar-refractivity contribution in [1.29, 1.82) is 0 Å². The van der Waals surface area contributed by atoms with E-state index >= 15 is 0 Å². The lowest BCUT2D eigenvalue weighted by atomic mass is 9.94. The van der Waals surface area contributed by atoms with Gasteiger partial charge in [0.05, 0.1) is 13.2 Å². The highest BCUT2D eigenvalue weighted by Gasteiger charge is 2.11. The van der Waals surface area contributed by atoms with E-state index in [0.717, 1.165) is 50.7 Å². The van der Waals surface area contributed by atoms with E-state index in [-0.39, 0.29) is 0 Å². The largest absolute Gasteiger partial charge is 0.493 e. The number of aliphatic hydroxyl groups is 1. The van der Waals surface area contributed by atoms with Crippen molar-refractivity contribution >= 4 is 0 Å². The molecule has 0 atom stereocenters. The molecule has 0 bridgehead atoms. The summed E-state index contributed by atoms with van der Waals surface area (Å²) in [7, 11) is 1.00. The second-order valence-corrected chi connectivity index (χ2v) is 9.84. The lowest BCUT2D eigenvalue weighted by molar-refractivity contribution is 0.245. The number of aryl methyl sites for hydroxylation is 3. The van der Waals surface area contributed by atoms with Gasteiger partial charge in [0.1, 0.15) is 11.5 Å². The Labute approximate surface area is 248 Å². The van der Waals surface area contributed by atoms with E-state index in [2.05, 4.69) is 126 Å². The summed E-state index contributed by atoms with van der Waals surface area (Å²) in [5, 5.41) is 7.00. The summed E-state index contributed by atoms with van der Waals surface area (Å²) in [6, 6.07) is 30.4. The Kier molecular flexibility index (Phi) is 15.1. The highest BCUT2D eigenvalue weighted by Crippen LogP contribution is 2.29. The highest BCUT2D eigenvalue weighted by molar-refractivity contribution is 5.66. The smallest absolute Gasteiger partial charge is 0.122 e. The first-order chi connectivity index (χ1) is 20.1. The average molecular weight is 553 g/mol. The van der Waals surface area contributed by atoms with Crippen LogP contribution in [0.5, 0.6) is 11.5 Å². The fourth-order valence-corrected chi connectivity index (χ4v) is 4.80. The summed E-state index contributed by atoms with van der Waals surface area (Å²) in [4.78, 5) is 0. The quantitative estimate of drug-likeness (QED) is 0.141. The molecular formula is C38H48O3. The maximum Gasteiger partial charge on any atom is 0.122 e. The zero-order valence-corrected chi connectivity index (χ0v) is 25.7. The average Bonchev–Trinajstić information content (AvgIpc) is 3.02. The second-order valence-electron chi connectivity index (χ2n) is 9.84. The molecule has 0 spiro atoms. The first-order valence-electron chi connectivity index (χ1n) is 14.6. The predicted octanol–water partition coefficient (Wildman–Crippen LogP) is 9.33. The summed E-state index contributed by atoms with van der Waals surface area (Å²) in [5.41, 5.74) is 10.4. The molecule has 0 aliphatic rings. The van der Waals surface area contributed by atoms with Crippen LogP contribution in [0.25, 0.3) is 11.1 Å². The molecule has 0 unspecified atom stereocenters. The Bertz CT molecular complexity index is 1310. The molecule has 218 valence electrons. The third kappa shape index (κ3) is 9.95. The molecule has 3 heteroatoms. The minimum atomic E-state index is 0.642. The fraction of sp³-hybridized carbons (Fsp3) is 0.316. The van der Waals surface area contributed by atoms with Gasteiger partial charge in [-0.05, 0) is 90.3 Å². The van der Waals surface area contributed by atoms with Crippen LogP contribution < -0.4 is 9.47 Å². The molecule has 0 aliphatic carbocycles. The van der Waals surface area contributed by atoms with Crippen LogP contribution in [0.4, 0.5) is 0 Å². The molecule has 0 aliphatic heterocycles. The van der Waals surface area contributed by atoms with Crippen LogP contribution in [-0.2, 0) is 19.3 Å². The summed E-state index contributed by atoms with van der Waals surface area (Å²) in [5.74, 6) is 2.00. The number of benzene rings is 4. The molecule has 4 aromatic rings. The lowest BCUT2D eigenvalue weighted by Gasteiger charge is -2.17. The van der Waals surface area contributed by atoms with E-state index in [9.17, 15) is 0 Å². The Morgan fingerprint density at radius 2 is 1.29 bits per heavy atom. The minimum absolute atomic E-state index is 0.642. The maximum absolute atomic E-state index is 7.00. The standard InChI is InChI=1S/C35H40O2.C2H4.CH4O/c1-5-11-33-32(25-30-13-8-7-12-27(30)4)14-9-15-35(33)37-23-10-22-36-34-21-20-31(24-28(34)6-2)29-18-16-26(3)17-19-29;2*1-2/h7-9,12-21,24H,5-6,10-11,22-23,25H2,1-4H3;1-2H2;2H,1H3. The van der Waals surface area contributed by atoms with Crippen LogP contribution in [0.2, 0.25) is 0 Å². The van der Waals surface area contributed by atoms with Gasteiger partial charge in [-0.25, -0.2) is 0 Å². The molecule has 0 saturated carbocycles. The van der Waals surface area contributed by atoms with E-state index in [1.54, 1.807) is 0 Å². The SMILES string of the molecule is C=C.CCCc1c(Cc2ccccc2C)cccc1OCCCOc1ccc(-c2ccc(C)cc2)cc1CC.CO. The fourth-order valence-electron chi connectivity index (χ4n) is 4.80. The van der Waals surface area contributed by atoms with Crippen LogP contribution in [0.3, 0.4) is 0 Å². The summed E-state index contributed by atoms with van der Waals surface area (Å²) >= 11 is 0. The first kappa shape index (κ1) is 33.4. The molecule has 4 aromatic carbocycles. The number of ether oxygens (including phenoxy) is 2. The van der Waals surface area contributed by atoms with Crippen LogP contribution in [0.1, 0.15) is 60.1 Å². The van der Waals surface area contributed by atoms with E-state index < -0.39 is 0 Å². The third-order valence-corrected chi connectivity index (χ3v) is 7.00. The van der Waals surface area contributed by atoms with Crippen molar-refractivity contribution in [2.24, 2.45) is 0 Å². The number of hydrogen-bond acceptors (Lipinski definition) is 3. The van der Waals surface area contributed by atoms with Gasteiger partial charge >= 0.3 is 0 Å². The molecule has 0 radical (unpaired) electrons. The van der Waals surface area contributed by atoms with Crippen molar-refractivity contribution in [3.05, 3.63) is 131 Å². The van der Waals surface area contributed by atoms with E-state index in [4.69, 9.17) is 14.6 Å². The van der Waals surface area contributed by atoms with Gasteiger partial charge in [-0.3, -0.25) is 0 Å².